The molecule has 0 aliphatic heterocycles. The van der Waals surface area contributed by atoms with Gasteiger partial charge in [-0.2, -0.15) is 5.10 Å². The number of rotatable bonds is 7. The van der Waals surface area contributed by atoms with Crippen LogP contribution >= 0.6 is 0 Å². The standard InChI is InChI=1S/C17H21N3O4/c1-4-8-24-13-7-5-6-12(9-13)11(2)20-15(17(22)23)10-14(19-20)16(21)18-3/h5-7,9-11H,4,8H2,1-3H3,(H,18,21)(H,22,23). The molecule has 1 amide bonds. The molecule has 0 bridgehead atoms. The lowest BCUT2D eigenvalue weighted by Gasteiger charge is -2.16. The summed E-state index contributed by atoms with van der Waals surface area (Å²) in [5, 5.41) is 16.0. The van der Waals surface area contributed by atoms with Crippen LogP contribution in [0, 0.1) is 0 Å². The maximum Gasteiger partial charge on any atom is 0.354 e. The minimum Gasteiger partial charge on any atom is -0.494 e. The summed E-state index contributed by atoms with van der Waals surface area (Å²) in [6.45, 7) is 4.46. The zero-order valence-corrected chi connectivity index (χ0v) is 13.9. The van der Waals surface area contributed by atoms with E-state index in [0.29, 0.717) is 6.61 Å². The molecule has 128 valence electrons. The maximum absolute atomic E-state index is 11.7. The zero-order chi connectivity index (χ0) is 17.7. The van der Waals surface area contributed by atoms with Gasteiger partial charge < -0.3 is 15.2 Å². The Kier molecular flexibility index (Phi) is 5.57. The van der Waals surface area contributed by atoms with Gasteiger partial charge in [0.05, 0.1) is 12.6 Å². The van der Waals surface area contributed by atoms with Gasteiger partial charge in [-0.3, -0.25) is 9.48 Å². The van der Waals surface area contributed by atoms with Crippen LogP contribution in [0.3, 0.4) is 0 Å². The number of hydrogen-bond acceptors (Lipinski definition) is 4. The molecule has 24 heavy (non-hydrogen) atoms. The average Bonchev–Trinajstić information content (AvgIpc) is 3.04. The molecule has 0 aliphatic carbocycles. The average molecular weight is 331 g/mol. The monoisotopic (exact) mass is 331 g/mol. The number of carbonyl (C=O) groups is 2. The van der Waals surface area contributed by atoms with E-state index in [0.717, 1.165) is 17.7 Å². The number of carboxylic acid groups (broad SMARTS) is 1. The van der Waals surface area contributed by atoms with Gasteiger partial charge >= 0.3 is 5.97 Å². The van der Waals surface area contributed by atoms with E-state index >= 15 is 0 Å². The van der Waals surface area contributed by atoms with E-state index in [1.807, 2.05) is 38.1 Å². The Labute approximate surface area is 140 Å². The second kappa shape index (κ2) is 7.63. The van der Waals surface area contributed by atoms with Gasteiger partial charge in [-0.25, -0.2) is 4.79 Å². The molecule has 0 saturated carbocycles. The van der Waals surface area contributed by atoms with Gasteiger partial charge in [-0.15, -0.1) is 0 Å². The minimum absolute atomic E-state index is 0.0408. The van der Waals surface area contributed by atoms with Crippen molar-refractivity contribution in [3.05, 3.63) is 47.3 Å². The fraction of sp³-hybridized carbons (Fsp3) is 0.353. The number of amides is 1. The second-order valence-electron chi connectivity index (χ2n) is 5.34. The van der Waals surface area contributed by atoms with Crippen LogP contribution in [-0.4, -0.2) is 40.4 Å². The summed E-state index contributed by atoms with van der Waals surface area (Å²) in [6, 6.07) is 8.34. The highest BCUT2D eigenvalue weighted by molar-refractivity contribution is 5.95. The van der Waals surface area contributed by atoms with Gasteiger partial charge in [0.25, 0.3) is 5.91 Å². The first-order chi connectivity index (χ1) is 11.5. The number of carbonyl (C=O) groups excluding carboxylic acids is 1. The molecule has 1 aromatic heterocycles. The van der Waals surface area contributed by atoms with Gasteiger partial charge in [-0.05, 0) is 31.0 Å². The van der Waals surface area contributed by atoms with Gasteiger partial charge in [0.1, 0.15) is 11.4 Å². The van der Waals surface area contributed by atoms with Crippen LogP contribution in [0.15, 0.2) is 30.3 Å². The van der Waals surface area contributed by atoms with Crippen molar-refractivity contribution in [3.63, 3.8) is 0 Å². The summed E-state index contributed by atoms with van der Waals surface area (Å²) in [7, 11) is 1.47. The van der Waals surface area contributed by atoms with Crippen molar-refractivity contribution in [3.8, 4) is 5.75 Å². The number of carboxylic acids is 1. The van der Waals surface area contributed by atoms with Crippen molar-refractivity contribution >= 4 is 11.9 Å². The number of ether oxygens (including phenoxy) is 1. The Morgan fingerprint density at radius 3 is 2.75 bits per heavy atom. The summed E-state index contributed by atoms with van der Waals surface area (Å²) in [4.78, 5) is 23.2. The van der Waals surface area contributed by atoms with Crippen molar-refractivity contribution in [2.45, 2.75) is 26.3 Å². The lowest BCUT2D eigenvalue weighted by Crippen LogP contribution is -2.19. The van der Waals surface area contributed by atoms with Crippen LogP contribution in [0.2, 0.25) is 0 Å². The molecular weight excluding hydrogens is 310 g/mol. The number of benzene rings is 1. The quantitative estimate of drug-likeness (QED) is 0.812. The Bertz CT molecular complexity index is 739. The summed E-state index contributed by atoms with van der Waals surface area (Å²) in [5.74, 6) is -0.844. The Hall–Kier alpha value is -2.83. The molecule has 2 rings (SSSR count). The third-order valence-electron chi connectivity index (χ3n) is 3.59. The largest absolute Gasteiger partial charge is 0.494 e. The molecular formula is C17H21N3O4. The Balaban J connectivity index is 2.38. The van der Waals surface area contributed by atoms with E-state index in [1.54, 1.807) is 0 Å². The number of hydrogen-bond donors (Lipinski definition) is 2. The molecule has 0 saturated heterocycles. The van der Waals surface area contributed by atoms with Crippen molar-refractivity contribution in [2.75, 3.05) is 13.7 Å². The summed E-state index contributed by atoms with van der Waals surface area (Å²) >= 11 is 0. The SMILES string of the molecule is CCCOc1cccc(C(C)n2nc(C(=O)NC)cc2C(=O)O)c1. The van der Waals surface area contributed by atoms with E-state index in [-0.39, 0.29) is 17.4 Å². The molecule has 7 heteroatoms. The maximum atomic E-state index is 11.7. The zero-order valence-electron chi connectivity index (χ0n) is 13.9. The molecule has 7 nitrogen and oxygen atoms in total. The Morgan fingerprint density at radius 1 is 1.38 bits per heavy atom. The molecule has 1 unspecified atom stereocenters. The first-order valence-electron chi connectivity index (χ1n) is 7.75. The van der Waals surface area contributed by atoms with Crippen molar-refractivity contribution in [2.24, 2.45) is 0 Å². The Morgan fingerprint density at radius 2 is 2.12 bits per heavy atom. The summed E-state index contributed by atoms with van der Waals surface area (Å²) in [6.07, 6.45) is 0.900. The fourth-order valence-corrected chi connectivity index (χ4v) is 2.31. The number of aromatic carboxylic acids is 1. The number of aromatic nitrogens is 2. The molecule has 1 atom stereocenters. The van der Waals surface area contributed by atoms with E-state index in [2.05, 4.69) is 10.4 Å². The van der Waals surface area contributed by atoms with E-state index in [9.17, 15) is 14.7 Å². The molecule has 2 aromatic rings. The lowest BCUT2D eigenvalue weighted by molar-refractivity contribution is 0.0681. The fourth-order valence-electron chi connectivity index (χ4n) is 2.31. The van der Waals surface area contributed by atoms with Crippen molar-refractivity contribution in [1.29, 1.82) is 0 Å². The van der Waals surface area contributed by atoms with Crippen molar-refractivity contribution < 1.29 is 19.4 Å². The number of nitrogens with zero attached hydrogens (tertiary/aromatic N) is 2. The van der Waals surface area contributed by atoms with E-state index < -0.39 is 11.9 Å². The van der Waals surface area contributed by atoms with E-state index in [1.165, 1.54) is 17.8 Å². The normalized spacial score (nSPS) is 11.8. The molecule has 1 aromatic carbocycles. The van der Waals surface area contributed by atoms with Gasteiger partial charge in [0, 0.05) is 13.1 Å². The molecule has 0 aliphatic rings. The van der Waals surface area contributed by atoms with Gasteiger partial charge in [0.15, 0.2) is 5.69 Å². The molecule has 0 spiro atoms. The smallest absolute Gasteiger partial charge is 0.354 e. The van der Waals surface area contributed by atoms with Crippen LogP contribution in [0.5, 0.6) is 5.75 Å². The van der Waals surface area contributed by atoms with Crippen LogP contribution in [0.4, 0.5) is 0 Å². The van der Waals surface area contributed by atoms with Crippen LogP contribution in [-0.2, 0) is 0 Å². The predicted molar refractivity (Wildman–Crippen MR) is 88.6 cm³/mol. The van der Waals surface area contributed by atoms with Crippen LogP contribution < -0.4 is 10.1 Å². The highest BCUT2D eigenvalue weighted by Gasteiger charge is 2.22. The van der Waals surface area contributed by atoms with E-state index in [4.69, 9.17) is 4.74 Å². The topological polar surface area (TPSA) is 93.5 Å². The molecule has 0 radical (unpaired) electrons. The molecule has 1 heterocycles. The predicted octanol–water partition coefficient (Wildman–Crippen LogP) is 2.34. The lowest BCUT2D eigenvalue weighted by atomic mass is 10.1. The third kappa shape index (κ3) is 3.73. The molecule has 0 fully saturated rings. The van der Waals surface area contributed by atoms with Crippen LogP contribution in [0.25, 0.3) is 0 Å². The minimum atomic E-state index is -1.14. The highest BCUT2D eigenvalue weighted by Crippen LogP contribution is 2.24. The van der Waals surface area contributed by atoms with Crippen molar-refractivity contribution in [1.82, 2.24) is 15.1 Å². The number of nitrogens with one attached hydrogen (secondary N) is 1. The third-order valence-corrected chi connectivity index (χ3v) is 3.59. The second-order valence-corrected chi connectivity index (χ2v) is 5.34. The molecule has 2 N–H and O–H groups in total. The van der Waals surface area contributed by atoms with Gasteiger partial charge in [-0.1, -0.05) is 19.1 Å². The first-order valence-corrected chi connectivity index (χ1v) is 7.75. The van der Waals surface area contributed by atoms with Gasteiger partial charge in [0.2, 0.25) is 0 Å². The first kappa shape index (κ1) is 17.5. The highest BCUT2D eigenvalue weighted by atomic mass is 16.5. The summed E-state index contributed by atoms with van der Waals surface area (Å²) in [5.41, 5.74) is 0.874. The summed E-state index contributed by atoms with van der Waals surface area (Å²) < 4.78 is 6.95. The van der Waals surface area contributed by atoms with Crippen LogP contribution in [0.1, 0.15) is 52.9 Å².